The van der Waals surface area contributed by atoms with Gasteiger partial charge in [-0.3, -0.25) is 9.52 Å². The second kappa shape index (κ2) is 6.46. The third-order valence-corrected chi connectivity index (χ3v) is 5.65. The van der Waals surface area contributed by atoms with Gasteiger partial charge in [-0.15, -0.1) is 0 Å². The zero-order valence-corrected chi connectivity index (χ0v) is 15.5. The van der Waals surface area contributed by atoms with Crippen molar-refractivity contribution in [3.05, 3.63) is 70.6 Å². The average Bonchev–Trinajstić information content (AvgIpc) is 2.89. The monoisotopic (exact) mass is 368 g/mol. The summed E-state index contributed by atoms with van der Waals surface area (Å²) >= 11 is 0. The predicted molar refractivity (Wildman–Crippen MR) is 105 cm³/mol. The third-order valence-electron chi connectivity index (χ3n) is 4.69. The number of carbonyl (C=O) groups excluding carboxylic acids is 1. The van der Waals surface area contributed by atoms with Crippen molar-refractivity contribution in [3.8, 4) is 11.1 Å². The molecule has 0 spiro atoms. The van der Waals surface area contributed by atoms with Gasteiger partial charge in [-0.25, -0.2) is 8.42 Å². The molecular weight excluding hydrogens is 348 g/mol. The Kier molecular flexibility index (Phi) is 4.46. The number of hydrogen-bond donors (Lipinski definition) is 2. The van der Waals surface area contributed by atoms with Crippen LogP contribution in [-0.4, -0.2) is 14.3 Å². The number of allylic oxidation sites excluding steroid dienone is 2. The highest BCUT2D eigenvalue weighted by molar-refractivity contribution is 7.95. The van der Waals surface area contributed by atoms with Gasteiger partial charge in [0, 0.05) is 16.7 Å². The van der Waals surface area contributed by atoms with E-state index < -0.39 is 15.9 Å². The lowest BCUT2D eigenvalue weighted by Gasteiger charge is -2.14. The molecule has 1 amide bonds. The maximum Gasteiger partial charge on any atom is 0.254 e. The number of anilines is 1. The van der Waals surface area contributed by atoms with Gasteiger partial charge in [0.2, 0.25) is 5.91 Å². The molecule has 0 aliphatic heterocycles. The normalized spacial score (nSPS) is 13.5. The lowest BCUT2D eigenvalue weighted by atomic mass is 9.91. The van der Waals surface area contributed by atoms with E-state index in [0.29, 0.717) is 17.7 Å². The first-order valence-electron chi connectivity index (χ1n) is 8.11. The molecule has 0 heterocycles. The fraction of sp³-hybridized carbons (Fsp3) is 0.150. The first-order valence-corrected chi connectivity index (χ1v) is 9.66. The van der Waals surface area contributed by atoms with E-state index in [-0.39, 0.29) is 0 Å². The molecule has 6 heteroatoms. The number of nitrogens with one attached hydrogen (secondary N) is 1. The van der Waals surface area contributed by atoms with E-state index in [9.17, 15) is 13.2 Å². The largest absolute Gasteiger partial charge is 0.366 e. The number of benzene rings is 2. The summed E-state index contributed by atoms with van der Waals surface area (Å²) in [5.74, 6) is -0.442. The van der Waals surface area contributed by atoms with Gasteiger partial charge >= 0.3 is 0 Å². The van der Waals surface area contributed by atoms with Crippen molar-refractivity contribution in [3.63, 3.8) is 0 Å². The zero-order valence-electron chi connectivity index (χ0n) is 14.7. The Morgan fingerprint density at radius 2 is 1.96 bits per heavy atom. The molecule has 134 valence electrons. The fourth-order valence-corrected chi connectivity index (χ4v) is 3.84. The Balaban J connectivity index is 2.16. The molecule has 2 aromatic rings. The van der Waals surface area contributed by atoms with Gasteiger partial charge in [0.1, 0.15) is 0 Å². The lowest BCUT2D eigenvalue weighted by molar-refractivity contribution is 0.0999. The van der Waals surface area contributed by atoms with Crippen LogP contribution in [0.3, 0.4) is 0 Å². The van der Waals surface area contributed by atoms with Crippen LogP contribution in [-0.2, 0) is 16.4 Å². The standard InChI is InChI=1S/C20H20N2O3S/c1-4-26(24,25)22-15-7-5-6-14(11-15)16-8-9-17(20(21)23)18-10-12(2)13(3)19(16)18/h4-9,11,22H,1,10H2,2-3H3,(H2,21,23). The van der Waals surface area contributed by atoms with E-state index in [0.717, 1.165) is 33.2 Å². The van der Waals surface area contributed by atoms with Crippen LogP contribution < -0.4 is 10.5 Å². The maximum atomic E-state index is 11.8. The van der Waals surface area contributed by atoms with E-state index in [1.807, 2.05) is 26.0 Å². The molecule has 3 N–H and O–H groups in total. The van der Waals surface area contributed by atoms with Crippen LogP contribution in [0.4, 0.5) is 5.69 Å². The lowest BCUT2D eigenvalue weighted by Crippen LogP contribution is -2.14. The molecule has 0 aromatic heterocycles. The Hall–Kier alpha value is -2.86. The molecule has 2 aromatic carbocycles. The Morgan fingerprint density at radius 1 is 1.23 bits per heavy atom. The van der Waals surface area contributed by atoms with Crippen molar-refractivity contribution in [1.82, 2.24) is 0 Å². The third kappa shape index (κ3) is 3.15. The number of fused-ring (bicyclic) bond motifs is 1. The van der Waals surface area contributed by atoms with Gasteiger partial charge in [0.05, 0.1) is 0 Å². The van der Waals surface area contributed by atoms with Crippen LogP contribution in [0.1, 0.15) is 35.3 Å². The van der Waals surface area contributed by atoms with Crippen molar-refractivity contribution in [2.75, 3.05) is 4.72 Å². The average molecular weight is 368 g/mol. The highest BCUT2D eigenvalue weighted by Gasteiger charge is 2.24. The second-order valence-corrected chi connectivity index (χ2v) is 7.98. The summed E-state index contributed by atoms with van der Waals surface area (Å²) in [6, 6.07) is 10.7. The van der Waals surface area contributed by atoms with Crippen molar-refractivity contribution in [1.29, 1.82) is 0 Å². The number of primary amides is 1. The number of amides is 1. The van der Waals surface area contributed by atoms with Crippen LogP contribution in [0.5, 0.6) is 0 Å². The van der Waals surface area contributed by atoms with Crippen molar-refractivity contribution in [2.24, 2.45) is 5.73 Å². The SMILES string of the molecule is C=CS(=O)(=O)Nc1cccc(-c2ccc(C(N)=O)c3c2C(C)=C(C)C3)c1. The minimum Gasteiger partial charge on any atom is -0.366 e. The number of nitrogens with two attached hydrogens (primary N) is 1. The molecule has 0 bridgehead atoms. The van der Waals surface area contributed by atoms with Crippen LogP contribution in [0, 0.1) is 0 Å². The summed E-state index contributed by atoms with van der Waals surface area (Å²) < 4.78 is 25.9. The molecule has 1 aliphatic carbocycles. The predicted octanol–water partition coefficient (Wildman–Crippen LogP) is 3.69. The van der Waals surface area contributed by atoms with Crippen molar-refractivity contribution >= 4 is 27.2 Å². The first-order chi connectivity index (χ1) is 12.2. The summed E-state index contributed by atoms with van der Waals surface area (Å²) in [5.41, 5.74) is 12.6. The van der Waals surface area contributed by atoms with Gasteiger partial charge in [-0.1, -0.05) is 30.4 Å². The van der Waals surface area contributed by atoms with Crippen LogP contribution in [0.25, 0.3) is 16.7 Å². The number of carbonyl (C=O) groups is 1. The molecular formula is C20H20N2O3S. The number of sulfonamides is 1. The van der Waals surface area contributed by atoms with E-state index in [1.54, 1.807) is 24.3 Å². The van der Waals surface area contributed by atoms with Crippen LogP contribution in [0.2, 0.25) is 0 Å². The van der Waals surface area contributed by atoms with Gasteiger partial charge < -0.3 is 5.73 Å². The van der Waals surface area contributed by atoms with Gasteiger partial charge in [0.15, 0.2) is 0 Å². The molecule has 5 nitrogen and oxygen atoms in total. The highest BCUT2D eigenvalue weighted by atomic mass is 32.2. The maximum absolute atomic E-state index is 11.8. The Labute approximate surface area is 153 Å². The summed E-state index contributed by atoms with van der Waals surface area (Å²) in [5, 5.41) is 0.870. The Bertz CT molecular complexity index is 1070. The summed E-state index contributed by atoms with van der Waals surface area (Å²) in [4.78, 5) is 11.8. The second-order valence-electron chi connectivity index (χ2n) is 6.36. The molecule has 1 aliphatic rings. The highest BCUT2D eigenvalue weighted by Crippen LogP contribution is 2.41. The van der Waals surface area contributed by atoms with Gasteiger partial charge in [-0.2, -0.15) is 0 Å². The molecule has 0 fully saturated rings. The van der Waals surface area contributed by atoms with E-state index in [1.165, 1.54) is 5.57 Å². The Morgan fingerprint density at radius 3 is 2.62 bits per heavy atom. The topological polar surface area (TPSA) is 89.3 Å². The molecule has 0 saturated heterocycles. The minimum absolute atomic E-state index is 0.442. The number of hydrogen-bond acceptors (Lipinski definition) is 3. The summed E-state index contributed by atoms with van der Waals surface area (Å²) in [7, 11) is -3.58. The van der Waals surface area contributed by atoms with E-state index in [2.05, 4.69) is 11.3 Å². The summed E-state index contributed by atoms with van der Waals surface area (Å²) in [6.45, 7) is 7.37. The molecule has 3 rings (SSSR count). The molecule has 26 heavy (non-hydrogen) atoms. The van der Waals surface area contributed by atoms with E-state index >= 15 is 0 Å². The quantitative estimate of drug-likeness (QED) is 0.843. The van der Waals surface area contributed by atoms with Crippen molar-refractivity contribution in [2.45, 2.75) is 20.3 Å². The summed E-state index contributed by atoms with van der Waals surface area (Å²) in [6.07, 6.45) is 0.691. The molecule has 0 radical (unpaired) electrons. The van der Waals surface area contributed by atoms with Crippen molar-refractivity contribution < 1.29 is 13.2 Å². The van der Waals surface area contributed by atoms with Gasteiger partial charge in [0.25, 0.3) is 10.0 Å². The molecule has 0 saturated carbocycles. The van der Waals surface area contributed by atoms with Gasteiger partial charge in [-0.05, 0) is 66.3 Å². The first kappa shape index (κ1) is 17.9. The smallest absolute Gasteiger partial charge is 0.254 e. The van der Waals surface area contributed by atoms with Crippen LogP contribution >= 0.6 is 0 Å². The molecule has 0 atom stereocenters. The molecule has 0 unspecified atom stereocenters. The van der Waals surface area contributed by atoms with Crippen LogP contribution in [0.15, 0.2) is 54.0 Å². The number of rotatable bonds is 5. The zero-order chi connectivity index (χ0) is 19.1. The minimum atomic E-state index is -3.58. The fourth-order valence-electron chi connectivity index (χ4n) is 3.30. The van der Waals surface area contributed by atoms with E-state index in [4.69, 9.17) is 5.73 Å².